The molecule has 1 aromatic carbocycles. The molecule has 2 aromatic rings. The average Bonchev–Trinajstić information content (AvgIpc) is 3.09. The molecule has 1 aromatic heterocycles. The molecule has 23 heavy (non-hydrogen) atoms. The van der Waals surface area contributed by atoms with Gasteiger partial charge in [-0.1, -0.05) is 18.2 Å². The van der Waals surface area contributed by atoms with E-state index in [1.54, 1.807) is 18.2 Å². The van der Waals surface area contributed by atoms with Crippen molar-refractivity contribution >= 4 is 23.2 Å². The largest absolute Gasteiger partial charge is 0.493 e. The zero-order valence-corrected chi connectivity index (χ0v) is 13.9. The number of carbonyl (C=O) groups is 2. The zero-order valence-electron chi connectivity index (χ0n) is 13.1. The predicted octanol–water partition coefficient (Wildman–Crippen LogP) is 3.18. The number of amides is 1. The molecule has 0 aliphatic carbocycles. The van der Waals surface area contributed by atoms with E-state index < -0.39 is 6.04 Å². The minimum absolute atomic E-state index is 0.0829. The second kappa shape index (κ2) is 8.33. The highest BCUT2D eigenvalue weighted by atomic mass is 32.1. The second-order valence-corrected chi connectivity index (χ2v) is 5.73. The van der Waals surface area contributed by atoms with Crippen LogP contribution in [0.1, 0.15) is 34.6 Å². The lowest BCUT2D eigenvalue weighted by atomic mass is 10.1. The van der Waals surface area contributed by atoms with Gasteiger partial charge in [0, 0.05) is 4.88 Å². The standard InChI is InChI=1S/C17H19NO4S/c1-3-22-14-8-5-4-7-12(14)17(20)18-13(11-16(19)21-2)15-9-6-10-23-15/h4-10,13H,3,11H2,1-2H3,(H,18,20)/t13-/m1/s1. The van der Waals surface area contributed by atoms with Crippen LogP contribution < -0.4 is 10.1 Å². The minimum atomic E-state index is -0.426. The van der Waals surface area contributed by atoms with Crippen molar-refractivity contribution in [3.63, 3.8) is 0 Å². The molecule has 0 fully saturated rings. The van der Waals surface area contributed by atoms with Crippen molar-refractivity contribution in [3.05, 3.63) is 52.2 Å². The summed E-state index contributed by atoms with van der Waals surface area (Å²) in [5.74, 6) is -0.131. The van der Waals surface area contributed by atoms with Crippen LogP contribution in [0.15, 0.2) is 41.8 Å². The Labute approximate surface area is 139 Å². The van der Waals surface area contributed by atoms with Crippen LogP contribution >= 0.6 is 11.3 Å². The molecule has 0 saturated carbocycles. The molecule has 1 heterocycles. The molecule has 2 rings (SSSR count). The number of para-hydroxylation sites is 1. The lowest BCUT2D eigenvalue weighted by molar-refractivity contribution is -0.141. The van der Waals surface area contributed by atoms with E-state index in [2.05, 4.69) is 5.32 Å². The summed E-state index contributed by atoms with van der Waals surface area (Å²) < 4.78 is 10.2. The number of methoxy groups -OCH3 is 1. The number of nitrogens with one attached hydrogen (secondary N) is 1. The van der Waals surface area contributed by atoms with Gasteiger partial charge in [0.1, 0.15) is 5.75 Å². The topological polar surface area (TPSA) is 64.6 Å². The third-order valence-corrected chi connectivity index (χ3v) is 4.21. The summed E-state index contributed by atoms with van der Waals surface area (Å²) in [6.45, 7) is 2.33. The molecular weight excluding hydrogens is 314 g/mol. The minimum Gasteiger partial charge on any atom is -0.493 e. The van der Waals surface area contributed by atoms with Gasteiger partial charge in [-0.25, -0.2) is 0 Å². The normalized spacial score (nSPS) is 11.6. The zero-order chi connectivity index (χ0) is 16.7. The number of benzene rings is 1. The highest BCUT2D eigenvalue weighted by Gasteiger charge is 2.22. The summed E-state index contributed by atoms with van der Waals surface area (Å²) in [5.41, 5.74) is 0.445. The third-order valence-electron chi connectivity index (χ3n) is 3.22. The van der Waals surface area contributed by atoms with Crippen molar-refractivity contribution in [1.29, 1.82) is 0 Å². The number of carbonyl (C=O) groups excluding carboxylic acids is 2. The fourth-order valence-corrected chi connectivity index (χ4v) is 2.91. The first-order valence-corrected chi connectivity index (χ1v) is 8.16. The molecule has 0 aliphatic rings. The van der Waals surface area contributed by atoms with Gasteiger partial charge >= 0.3 is 5.97 Å². The van der Waals surface area contributed by atoms with E-state index in [4.69, 9.17) is 9.47 Å². The van der Waals surface area contributed by atoms with Gasteiger partial charge in [0.05, 0.1) is 31.7 Å². The van der Waals surface area contributed by atoms with Gasteiger partial charge in [-0.2, -0.15) is 0 Å². The molecule has 0 aliphatic heterocycles. The van der Waals surface area contributed by atoms with Crippen LogP contribution in [0.25, 0.3) is 0 Å². The van der Waals surface area contributed by atoms with Crippen LogP contribution in [0.3, 0.4) is 0 Å². The summed E-state index contributed by atoms with van der Waals surface area (Å²) in [7, 11) is 1.33. The Balaban J connectivity index is 2.19. The van der Waals surface area contributed by atoms with Gasteiger partial charge < -0.3 is 14.8 Å². The van der Waals surface area contributed by atoms with Gasteiger partial charge in [0.25, 0.3) is 5.91 Å². The summed E-state index contributed by atoms with van der Waals surface area (Å²) in [6, 6.07) is 10.4. The smallest absolute Gasteiger partial charge is 0.307 e. The Bertz CT molecular complexity index is 654. The monoisotopic (exact) mass is 333 g/mol. The molecule has 1 atom stereocenters. The molecule has 0 unspecified atom stereocenters. The molecule has 6 heteroatoms. The summed E-state index contributed by atoms with van der Waals surface area (Å²) in [5, 5.41) is 4.79. The van der Waals surface area contributed by atoms with Crippen molar-refractivity contribution < 1.29 is 19.1 Å². The number of esters is 1. The predicted molar refractivity (Wildman–Crippen MR) is 88.8 cm³/mol. The van der Waals surface area contributed by atoms with E-state index in [1.807, 2.05) is 30.5 Å². The van der Waals surface area contributed by atoms with Crippen LogP contribution in [0.5, 0.6) is 5.75 Å². The Kier molecular flexibility index (Phi) is 6.17. The van der Waals surface area contributed by atoms with E-state index in [0.717, 1.165) is 4.88 Å². The molecular formula is C17H19NO4S. The average molecular weight is 333 g/mol. The van der Waals surface area contributed by atoms with Crippen molar-refractivity contribution in [3.8, 4) is 5.75 Å². The number of hydrogen-bond donors (Lipinski definition) is 1. The van der Waals surface area contributed by atoms with Crippen molar-refractivity contribution in [1.82, 2.24) is 5.32 Å². The Morgan fingerprint density at radius 2 is 2.00 bits per heavy atom. The lowest BCUT2D eigenvalue weighted by Gasteiger charge is -2.17. The molecule has 1 N–H and O–H groups in total. The summed E-state index contributed by atoms with van der Waals surface area (Å²) >= 11 is 1.48. The molecule has 0 radical (unpaired) electrons. The van der Waals surface area contributed by atoms with E-state index in [0.29, 0.717) is 17.9 Å². The molecule has 122 valence electrons. The van der Waals surface area contributed by atoms with Gasteiger partial charge in [-0.15, -0.1) is 11.3 Å². The first kappa shape index (κ1) is 17.0. The quantitative estimate of drug-likeness (QED) is 0.791. The highest BCUT2D eigenvalue weighted by Crippen LogP contribution is 2.24. The van der Waals surface area contributed by atoms with Crippen molar-refractivity contribution in [2.45, 2.75) is 19.4 Å². The molecule has 0 saturated heterocycles. The summed E-state index contributed by atoms with van der Waals surface area (Å²) in [6.07, 6.45) is 0.0829. The number of thiophene rings is 1. The molecule has 0 bridgehead atoms. The number of ether oxygens (including phenoxy) is 2. The van der Waals surface area contributed by atoms with Crippen molar-refractivity contribution in [2.24, 2.45) is 0 Å². The SMILES string of the molecule is CCOc1ccccc1C(=O)N[C@H](CC(=O)OC)c1cccs1. The van der Waals surface area contributed by atoms with E-state index in [-0.39, 0.29) is 18.3 Å². The maximum atomic E-state index is 12.6. The van der Waals surface area contributed by atoms with E-state index in [1.165, 1.54) is 18.4 Å². The molecule has 5 nitrogen and oxygen atoms in total. The Morgan fingerprint density at radius 1 is 1.22 bits per heavy atom. The van der Waals surface area contributed by atoms with E-state index in [9.17, 15) is 9.59 Å². The van der Waals surface area contributed by atoms with Crippen LogP contribution in [0, 0.1) is 0 Å². The van der Waals surface area contributed by atoms with Crippen LogP contribution in [-0.2, 0) is 9.53 Å². The second-order valence-electron chi connectivity index (χ2n) is 4.75. The maximum absolute atomic E-state index is 12.6. The summed E-state index contributed by atoms with van der Waals surface area (Å²) in [4.78, 5) is 25.1. The van der Waals surface area contributed by atoms with Gasteiger partial charge in [0.15, 0.2) is 0 Å². The third kappa shape index (κ3) is 4.56. The van der Waals surface area contributed by atoms with Crippen LogP contribution in [-0.4, -0.2) is 25.6 Å². The number of hydrogen-bond acceptors (Lipinski definition) is 5. The fourth-order valence-electron chi connectivity index (χ4n) is 2.13. The van der Waals surface area contributed by atoms with E-state index >= 15 is 0 Å². The Morgan fingerprint density at radius 3 is 2.65 bits per heavy atom. The molecule has 0 spiro atoms. The molecule has 1 amide bonds. The fraction of sp³-hybridized carbons (Fsp3) is 0.294. The maximum Gasteiger partial charge on any atom is 0.307 e. The highest BCUT2D eigenvalue weighted by molar-refractivity contribution is 7.10. The van der Waals surface area contributed by atoms with Gasteiger partial charge in [0.2, 0.25) is 0 Å². The number of rotatable bonds is 7. The van der Waals surface area contributed by atoms with Gasteiger partial charge in [-0.3, -0.25) is 9.59 Å². The first-order valence-electron chi connectivity index (χ1n) is 7.28. The van der Waals surface area contributed by atoms with Crippen molar-refractivity contribution in [2.75, 3.05) is 13.7 Å². The van der Waals surface area contributed by atoms with Crippen LogP contribution in [0.2, 0.25) is 0 Å². The van der Waals surface area contributed by atoms with Crippen LogP contribution in [0.4, 0.5) is 0 Å². The lowest BCUT2D eigenvalue weighted by Crippen LogP contribution is -2.30. The Hall–Kier alpha value is -2.34. The van der Waals surface area contributed by atoms with Gasteiger partial charge in [-0.05, 0) is 30.5 Å². The first-order chi connectivity index (χ1) is 11.2.